The lowest BCUT2D eigenvalue weighted by Gasteiger charge is -2.17. The van der Waals surface area contributed by atoms with Gasteiger partial charge in [0.25, 0.3) is 0 Å². The van der Waals surface area contributed by atoms with Crippen LogP contribution in [0.25, 0.3) is 0 Å². The van der Waals surface area contributed by atoms with Crippen molar-refractivity contribution in [3.63, 3.8) is 0 Å². The maximum atomic E-state index is 5.88. The molecule has 0 spiro atoms. The van der Waals surface area contributed by atoms with Gasteiger partial charge in [-0.1, -0.05) is 6.92 Å². The Morgan fingerprint density at radius 1 is 1.35 bits per heavy atom. The van der Waals surface area contributed by atoms with Crippen LogP contribution in [0.2, 0.25) is 0 Å². The van der Waals surface area contributed by atoms with Crippen molar-refractivity contribution < 1.29 is 4.74 Å². The largest absolute Gasteiger partial charge is 0.476 e. The molecule has 20 heavy (non-hydrogen) atoms. The predicted molar refractivity (Wildman–Crippen MR) is 81.5 cm³/mol. The number of likely N-dealkylation sites (N-methyl/N-ethyl adjacent to an activating group) is 1. The zero-order valence-corrected chi connectivity index (χ0v) is 13.1. The summed E-state index contributed by atoms with van der Waals surface area (Å²) < 4.78 is 5.88. The van der Waals surface area contributed by atoms with Crippen molar-refractivity contribution in [1.82, 2.24) is 14.9 Å². The Bertz CT molecular complexity index is 446. The minimum absolute atomic E-state index is 0.680. The number of nitrogens with zero attached hydrogens (tertiary/aromatic N) is 3. The van der Waals surface area contributed by atoms with Crippen LogP contribution in [0.15, 0.2) is 0 Å². The standard InChI is InChI=1S/C15H26N4O/c1-5-6-13-17-14(16-3)11(2)15(18-13)20-10-9-19(4)12-7-8-12/h12H,5-10H2,1-4H3,(H,16,17,18). The SMILES string of the molecule is CCCc1nc(NC)c(C)c(OCCN(C)C2CC2)n1. The molecule has 0 unspecified atom stereocenters. The third-order valence-electron chi connectivity index (χ3n) is 3.71. The van der Waals surface area contributed by atoms with Gasteiger partial charge in [-0.05, 0) is 33.2 Å². The van der Waals surface area contributed by atoms with Gasteiger partial charge in [-0.25, -0.2) is 4.98 Å². The molecule has 2 rings (SSSR count). The van der Waals surface area contributed by atoms with E-state index in [1.165, 1.54) is 12.8 Å². The minimum atomic E-state index is 0.680. The molecule has 0 aliphatic heterocycles. The molecular weight excluding hydrogens is 252 g/mol. The van der Waals surface area contributed by atoms with Gasteiger partial charge in [0, 0.05) is 26.1 Å². The van der Waals surface area contributed by atoms with Crippen molar-refractivity contribution in [2.45, 2.75) is 45.6 Å². The fraction of sp³-hybridized carbons (Fsp3) is 0.733. The summed E-state index contributed by atoms with van der Waals surface area (Å²) in [4.78, 5) is 11.4. The van der Waals surface area contributed by atoms with E-state index in [1.54, 1.807) is 0 Å². The summed E-state index contributed by atoms with van der Waals surface area (Å²) >= 11 is 0. The molecule has 1 saturated carbocycles. The molecule has 0 amide bonds. The first-order chi connectivity index (χ1) is 9.65. The van der Waals surface area contributed by atoms with Crippen LogP contribution >= 0.6 is 0 Å². The average Bonchev–Trinajstić information content (AvgIpc) is 3.26. The molecule has 1 N–H and O–H groups in total. The summed E-state index contributed by atoms with van der Waals surface area (Å²) in [6.07, 6.45) is 4.57. The molecule has 0 aromatic carbocycles. The highest BCUT2D eigenvalue weighted by Crippen LogP contribution is 2.25. The van der Waals surface area contributed by atoms with Crippen molar-refractivity contribution in [2.75, 3.05) is 32.6 Å². The van der Waals surface area contributed by atoms with Gasteiger partial charge in [0.2, 0.25) is 5.88 Å². The quantitative estimate of drug-likeness (QED) is 0.790. The number of anilines is 1. The highest BCUT2D eigenvalue weighted by atomic mass is 16.5. The van der Waals surface area contributed by atoms with E-state index in [2.05, 4.69) is 34.2 Å². The van der Waals surface area contributed by atoms with Gasteiger partial charge in [0.05, 0.1) is 5.56 Å². The normalized spacial score (nSPS) is 14.7. The second-order valence-corrected chi connectivity index (χ2v) is 5.48. The first-order valence-corrected chi connectivity index (χ1v) is 7.54. The molecule has 112 valence electrons. The van der Waals surface area contributed by atoms with Crippen LogP contribution in [0, 0.1) is 6.92 Å². The molecule has 1 heterocycles. The molecule has 1 aromatic rings. The van der Waals surface area contributed by atoms with Crippen molar-refractivity contribution in [1.29, 1.82) is 0 Å². The van der Waals surface area contributed by atoms with Gasteiger partial charge < -0.3 is 15.0 Å². The molecule has 0 atom stereocenters. The van der Waals surface area contributed by atoms with Gasteiger partial charge in [0.15, 0.2) is 0 Å². The van der Waals surface area contributed by atoms with Crippen LogP contribution in [-0.2, 0) is 6.42 Å². The van der Waals surface area contributed by atoms with Crippen LogP contribution in [0.5, 0.6) is 5.88 Å². The molecule has 5 nitrogen and oxygen atoms in total. The smallest absolute Gasteiger partial charge is 0.221 e. The highest BCUT2D eigenvalue weighted by Gasteiger charge is 2.25. The molecule has 1 aliphatic carbocycles. The lowest BCUT2D eigenvalue weighted by atomic mass is 10.3. The minimum Gasteiger partial charge on any atom is -0.476 e. The Morgan fingerprint density at radius 2 is 2.10 bits per heavy atom. The van der Waals surface area contributed by atoms with Crippen molar-refractivity contribution >= 4 is 5.82 Å². The molecule has 1 aromatic heterocycles. The summed E-state index contributed by atoms with van der Waals surface area (Å²) in [5.41, 5.74) is 0.987. The molecule has 1 aliphatic rings. The molecule has 0 saturated heterocycles. The number of hydrogen-bond donors (Lipinski definition) is 1. The molecular formula is C15H26N4O. The summed E-state index contributed by atoms with van der Waals surface area (Å²) in [6, 6.07) is 0.772. The predicted octanol–water partition coefficient (Wildman–Crippen LogP) is 2.25. The van der Waals surface area contributed by atoms with Gasteiger partial charge in [-0.3, -0.25) is 0 Å². The maximum absolute atomic E-state index is 5.88. The fourth-order valence-corrected chi connectivity index (χ4v) is 2.24. The monoisotopic (exact) mass is 278 g/mol. The Balaban J connectivity index is 1.98. The summed E-state index contributed by atoms with van der Waals surface area (Å²) in [5.74, 6) is 2.44. The maximum Gasteiger partial charge on any atom is 0.221 e. The number of nitrogens with one attached hydrogen (secondary N) is 1. The zero-order valence-electron chi connectivity index (χ0n) is 13.1. The van der Waals surface area contributed by atoms with Crippen LogP contribution < -0.4 is 10.1 Å². The fourth-order valence-electron chi connectivity index (χ4n) is 2.24. The lowest BCUT2D eigenvalue weighted by molar-refractivity contribution is 0.225. The summed E-state index contributed by atoms with van der Waals surface area (Å²) in [5, 5.41) is 3.12. The van der Waals surface area contributed by atoms with Crippen LogP contribution in [0.3, 0.4) is 0 Å². The molecule has 5 heteroatoms. The summed E-state index contributed by atoms with van der Waals surface area (Å²) in [6.45, 7) is 5.76. The topological polar surface area (TPSA) is 50.3 Å². The number of rotatable bonds is 8. The third kappa shape index (κ3) is 3.82. The number of ether oxygens (including phenoxy) is 1. The lowest BCUT2D eigenvalue weighted by Crippen LogP contribution is -2.26. The highest BCUT2D eigenvalue weighted by molar-refractivity contribution is 5.48. The Labute approximate surface area is 121 Å². The van der Waals surface area contributed by atoms with Crippen molar-refractivity contribution in [2.24, 2.45) is 0 Å². The Morgan fingerprint density at radius 3 is 2.70 bits per heavy atom. The first-order valence-electron chi connectivity index (χ1n) is 7.54. The molecule has 0 bridgehead atoms. The Hall–Kier alpha value is -1.36. The van der Waals surface area contributed by atoms with Gasteiger partial charge in [-0.15, -0.1) is 0 Å². The van der Waals surface area contributed by atoms with Crippen LogP contribution in [0.1, 0.15) is 37.6 Å². The van der Waals surface area contributed by atoms with E-state index in [1.807, 2.05) is 14.0 Å². The summed E-state index contributed by atoms with van der Waals surface area (Å²) in [7, 11) is 4.05. The van der Waals surface area contributed by atoms with E-state index < -0.39 is 0 Å². The second-order valence-electron chi connectivity index (χ2n) is 5.48. The van der Waals surface area contributed by atoms with Gasteiger partial charge in [-0.2, -0.15) is 4.98 Å². The molecule has 1 fully saturated rings. The zero-order chi connectivity index (χ0) is 14.5. The molecule has 0 radical (unpaired) electrons. The van der Waals surface area contributed by atoms with E-state index in [-0.39, 0.29) is 0 Å². The van der Waals surface area contributed by atoms with E-state index >= 15 is 0 Å². The number of aromatic nitrogens is 2. The van der Waals surface area contributed by atoms with E-state index in [4.69, 9.17) is 4.74 Å². The second kappa shape index (κ2) is 6.88. The first kappa shape index (κ1) is 15.0. The van der Waals surface area contributed by atoms with E-state index in [9.17, 15) is 0 Å². The van der Waals surface area contributed by atoms with E-state index in [0.29, 0.717) is 6.61 Å². The average molecular weight is 278 g/mol. The number of aryl methyl sites for hydroxylation is 1. The van der Waals surface area contributed by atoms with Gasteiger partial charge >= 0.3 is 0 Å². The van der Waals surface area contributed by atoms with Crippen molar-refractivity contribution in [3.8, 4) is 5.88 Å². The van der Waals surface area contributed by atoms with Gasteiger partial charge in [0.1, 0.15) is 18.2 Å². The van der Waals surface area contributed by atoms with E-state index in [0.717, 1.165) is 48.5 Å². The Kier molecular flexibility index (Phi) is 5.17. The third-order valence-corrected chi connectivity index (χ3v) is 3.71. The van der Waals surface area contributed by atoms with Crippen LogP contribution in [0.4, 0.5) is 5.82 Å². The van der Waals surface area contributed by atoms with Crippen molar-refractivity contribution in [3.05, 3.63) is 11.4 Å². The number of hydrogen-bond acceptors (Lipinski definition) is 5. The van der Waals surface area contributed by atoms with Crippen LogP contribution in [-0.4, -0.2) is 48.2 Å².